The molecule has 0 bridgehead atoms. The molecule has 3 amide bonds. The molecule has 3 aromatic heterocycles. The topological polar surface area (TPSA) is 122 Å². The quantitative estimate of drug-likeness (QED) is 0.187. The molecule has 0 spiro atoms. The minimum atomic E-state index is -0.223. The van der Waals surface area contributed by atoms with Crippen LogP contribution < -0.4 is 10.6 Å². The number of nitrogens with zero attached hydrogens (tertiary/aromatic N) is 5. The van der Waals surface area contributed by atoms with E-state index in [1.807, 2.05) is 41.4 Å². The highest BCUT2D eigenvalue weighted by Gasteiger charge is 2.27. The number of piperidine rings is 1. The summed E-state index contributed by atoms with van der Waals surface area (Å²) in [4.78, 5) is 53.7. The summed E-state index contributed by atoms with van der Waals surface area (Å²) in [6.07, 6.45) is 7.49. The highest BCUT2D eigenvalue weighted by Crippen LogP contribution is 2.34. The molecule has 5 aromatic rings. The Hall–Kier alpha value is -5.64. The lowest BCUT2D eigenvalue weighted by molar-refractivity contribution is -0.130. The number of aromatic nitrogens is 4. The average Bonchev–Trinajstić information content (AvgIpc) is 3.51. The zero-order chi connectivity index (χ0) is 34.8. The van der Waals surface area contributed by atoms with E-state index < -0.39 is 0 Å². The normalized spacial score (nSPS) is 15.9. The SMILES string of the molecule is C=C1CCC(c2cccc(CCCNC(=O)c3ccc(-c4cc5cccc(-c6nc(CC)n7c6CN(C(C)=O)CC7)c5cn4)cn3)c2)C(=O)N1. The van der Waals surface area contributed by atoms with Crippen LogP contribution in [0.1, 0.15) is 72.2 Å². The molecule has 0 radical (unpaired) electrons. The molecule has 1 fully saturated rings. The molecule has 254 valence electrons. The van der Waals surface area contributed by atoms with E-state index in [-0.39, 0.29) is 23.6 Å². The van der Waals surface area contributed by atoms with E-state index in [4.69, 9.17) is 9.97 Å². The summed E-state index contributed by atoms with van der Waals surface area (Å²) in [6.45, 7) is 10.1. The van der Waals surface area contributed by atoms with Gasteiger partial charge in [-0.05, 0) is 60.4 Å². The maximum atomic E-state index is 12.9. The van der Waals surface area contributed by atoms with E-state index in [0.29, 0.717) is 25.3 Å². The maximum Gasteiger partial charge on any atom is 0.269 e. The first kappa shape index (κ1) is 32.9. The Morgan fingerprint density at radius 1 is 1.04 bits per heavy atom. The first-order valence-electron chi connectivity index (χ1n) is 17.3. The Bertz CT molecular complexity index is 2120. The van der Waals surface area contributed by atoms with Gasteiger partial charge >= 0.3 is 0 Å². The fourth-order valence-corrected chi connectivity index (χ4v) is 7.05. The predicted molar refractivity (Wildman–Crippen MR) is 193 cm³/mol. The highest BCUT2D eigenvalue weighted by molar-refractivity contribution is 5.97. The van der Waals surface area contributed by atoms with E-state index in [9.17, 15) is 14.4 Å². The monoisotopic (exact) mass is 667 g/mol. The van der Waals surface area contributed by atoms with Crippen molar-refractivity contribution in [1.82, 2.24) is 35.1 Å². The van der Waals surface area contributed by atoms with Crippen molar-refractivity contribution in [3.05, 3.63) is 114 Å². The van der Waals surface area contributed by atoms with E-state index in [2.05, 4.69) is 58.0 Å². The van der Waals surface area contributed by atoms with Crippen LogP contribution in [0.2, 0.25) is 0 Å². The predicted octanol–water partition coefficient (Wildman–Crippen LogP) is 5.95. The van der Waals surface area contributed by atoms with Crippen LogP contribution in [0, 0.1) is 0 Å². The number of fused-ring (bicyclic) bond motifs is 2. The second-order valence-electron chi connectivity index (χ2n) is 13.1. The van der Waals surface area contributed by atoms with Gasteiger partial charge in [0.25, 0.3) is 5.91 Å². The van der Waals surface area contributed by atoms with Crippen LogP contribution in [-0.2, 0) is 35.5 Å². The molecular weight excluding hydrogens is 626 g/mol. The molecule has 2 aliphatic heterocycles. The van der Waals surface area contributed by atoms with Crippen molar-refractivity contribution in [3.8, 4) is 22.5 Å². The number of imidazole rings is 1. The van der Waals surface area contributed by atoms with Crippen LogP contribution in [0.3, 0.4) is 0 Å². The van der Waals surface area contributed by atoms with Gasteiger partial charge in [-0.2, -0.15) is 0 Å². The number of carbonyl (C=O) groups excluding carboxylic acids is 3. The summed E-state index contributed by atoms with van der Waals surface area (Å²) in [5, 5.41) is 7.85. The molecule has 1 unspecified atom stereocenters. The summed E-state index contributed by atoms with van der Waals surface area (Å²) < 4.78 is 2.26. The molecule has 50 heavy (non-hydrogen) atoms. The molecule has 2 N–H and O–H groups in total. The zero-order valence-electron chi connectivity index (χ0n) is 28.5. The van der Waals surface area contributed by atoms with Crippen molar-refractivity contribution in [2.24, 2.45) is 0 Å². The van der Waals surface area contributed by atoms with Crippen LogP contribution in [0.4, 0.5) is 0 Å². The van der Waals surface area contributed by atoms with Gasteiger partial charge < -0.3 is 20.1 Å². The number of rotatable bonds is 9. The standard InChI is InChI=1S/C40H41N7O3/c1-4-37-45-38(36-24-46(26(3)48)18-19-47(36)37)32-12-6-11-29-21-35(43-23-33(29)32)30-14-16-34(42-22-30)40(50)41-17-7-9-27-8-5-10-28(20-27)31-15-13-25(2)44-39(31)49/h5-6,8,10-12,14,16,20-23,31H,2,4,7,9,13,15,17-19,24H2,1,3H3,(H,41,50)(H,44,49). The number of aryl methyl sites for hydroxylation is 2. The van der Waals surface area contributed by atoms with Gasteiger partial charge in [-0.25, -0.2) is 4.98 Å². The Balaban J connectivity index is 0.996. The van der Waals surface area contributed by atoms with Gasteiger partial charge in [-0.15, -0.1) is 0 Å². The summed E-state index contributed by atoms with van der Waals surface area (Å²) in [5.41, 5.74) is 7.82. The fraction of sp³-hybridized carbons (Fsp3) is 0.300. The lowest BCUT2D eigenvalue weighted by Gasteiger charge is -2.28. The molecule has 1 saturated heterocycles. The van der Waals surface area contributed by atoms with Gasteiger partial charge in [0.05, 0.1) is 29.5 Å². The third-order valence-corrected chi connectivity index (χ3v) is 9.79. The number of benzene rings is 2. The lowest BCUT2D eigenvalue weighted by atomic mass is 9.88. The minimum Gasteiger partial charge on any atom is -0.351 e. The van der Waals surface area contributed by atoms with E-state index in [1.54, 1.807) is 19.2 Å². The Labute approximate surface area is 291 Å². The molecule has 0 aliphatic carbocycles. The van der Waals surface area contributed by atoms with E-state index in [1.165, 1.54) is 0 Å². The number of pyridine rings is 2. The van der Waals surface area contributed by atoms with Crippen LogP contribution in [0.15, 0.2) is 85.3 Å². The van der Waals surface area contributed by atoms with Crippen molar-refractivity contribution < 1.29 is 14.4 Å². The lowest BCUT2D eigenvalue weighted by Crippen LogP contribution is -2.37. The Morgan fingerprint density at radius 2 is 1.90 bits per heavy atom. The van der Waals surface area contributed by atoms with Gasteiger partial charge in [0.1, 0.15) is 11.5 Å². The van der Waals surface area contributed by atoms with Gasteiger partial charge in [-0.1, -0.05) is 56.0 Å². The molecule has 1 atom stereocenters. The van der Waals surface area contributed by atoms with Gasteiger partial charge in [0.15, 0.2) is 0 Å². The van der Waals surface area contributed by atoms with Gasteiger partial charge in [-0.3, -0.25) is 24.4 Å². The van der Waals surface area contributed by atoms with E-state index in [0.717, 1.165) is 100 Å². The molecular formula is C40H41N7O3. The number of carbonyl (C=O) groups is 3. The second kappa shape index (κ2) is 14.1. The van der Waals surface area contributed by atoms with Gasteiger partial charge in [0.2, 0.25) is 11.8 Å². The Kier molecular flexibility index (Phi) is 9.25. The number of hydrogen-bond acceptors (Lipinski definition) is 6. The zero-order valence-corrected chi connectivity index (χ0v) is 28.5. The van der Waals surface area contributed by atoms with Crippen molar-refractivity contribution in [2.75, 3.05) is 13.1 Å². The van der Waals surface area contributed by atoms with Crippen LogP contribution in [-0.4, -0.2) is 55.2 Å². The van der Waals surface area contributed by atoms with Crippen molar-refractivity contribution >= 4 is 28.5 Å². The van der Waals surface area contributed by atoms with Crippen LogP contribution in [0.25, 0.3) is 33.3 Å². The van der Waals surface area contributed by atoms with Crippen molar-refractivity contribution in [3.63, 3.8) is 0 Å². The third kappa shape index (κ3) is 6.65. The maximum absolute atomic E-state index is 12.9. The summed E-state index contributed by atoms with van der Waals surface area (Å²) in [6, 6.07) is 19.9. The third-order valence-electron chi connectivity index (χ3n) is 9.79. The molecule has 2 aromatic carbocycles. The summed E-state index contributed by atoms with van der Waals surface area (Å²) in [5.74, 6) is 0.727. The Morgan fingerprint density at radius 3 is 2.68 bits per heavy atom. The molecule has 10 heteroatoms. The van der Waals surface area contributed by atoms with Crippen molar-refractivity contribution in [2.45, 2.75) is 65.0 Å². The molecule has 0 saturated carbocycles. The van der Waals surface area contributed by atoms with Gasteiger partial charge in [0, 0.05) is 67.6 Å². The second-order valence-corrected chi connectivity index (χ2v) is 13.1. The largest absolute Gasteiger partial charge is 0.351 e. The fourth-order valence-electron chi connectivity index (χ4n) is 7.05. The highest BCUT2D eigenvalue weighted by atomic mass is 16.2. The molecule has 10 nitrogen and oxygen atoms in total. The number of allylic oxidation sites excluding steroid dienone is 1. The smallest absolute Gasteiger partial charge is 0.269 e. The first-order valence-corrected chi connectivity index (χ1v) is 17.3. The van der Waals surface area contributed by atoms with Crippen LogP contribution >= 0.6 is 0 Å². The van der Waals surface area contributed by atoms with Crippen LogP contribution in [0.5, 0.6) is 0 Å². The van der Waals surface area contributed by atoms with E-state index >= 15 is 0 Å². The molecule has 2 aliphatic rings. The number of nitrogens with one attached hydrogen (secondary N) is 2. The molecule has 7 rings (SSSR count). The minimum absolute atomic E-state index is 0.00725. The number of amides is 3. The summed E-state index contributed by atoms with van der Waals surface area (Å²) in [7, 11) is 0. The first-order chi connectivity index (χ1) is 24.3. The number of hydrogen-bond donors (Lipinski definition) is 2. The van der Waals surface area contributed by atoms with Crippen molar-refractivity contribution in [1.29, 1.82) is 0 Å². The average molecular weight is 668 g/mol. The summed E-state index contributed by atoms with van der Waals surface area (Å²) >= 11 is 0. The molecule has 5 heterocycles.